The standard InChI is InChI=1S/C13H20N2O4/c1-2-14-11(16)7-8-15-12(17)9-5-3-4-6-10(9)13(18)19/h3-4,9-10H,2,5-8H2,1H3,(H,14,16)(H,15,17)(H,18,19)/t9-,10+/m1/s1. The minimum absolute atomic E-state index is 0.124. The molecular weight excluding hydrogens is 248 g/mol. The van der Waals surface area contributed by atoms with E-state index >= 15 is 0 Å². The molecule has 6 heteroatoms. The summed E-state index contributed by atoms with van der Waals surface area (Å²) < 4.78 is 0. The van der Waals surface area contributed by atoms with Gasteiger partial charge in [0.2, 0.25) is 11.8 Å². The van der Waals surface area contributed by atoms with Gasteiger partial charge in [-0.15, -0.1) is 0 Å². The molecule has 0 heterocycles. The van der Waals surface area contributed by atoms with Crippen molar-refractivity contribution >= 4 is 17.8 Å². The number of hydrogen-bond donors (Lipinski definition) is 3. The maximum Gasteiger partial charge on any atom is 0.307 e. The predicted octanol–water partition coefficient (Wildman–Crippen LogP) is 0.296. The average Bonchev–Trinajstić information content (AvgIpc) is 2.38. The molecule has 0 saturated carbocycles. The van der Waals surface area contributed by atoms with Crippen LogP contribution in [0.1, 0.15) is 26.2 Å². The van der Waals surface area contributed by atoms with Crippen molar-refractivity contribution in [3.8, 4) is 0 Å². The smallest absolute Gasteiger partial charge is 0.307 e. The van der Waals surface area contributed by atoms with Gasteiger partial charge in [-0.25, -0.2) is 0 Å². The summed E-state index contributed by atoms with van der Waals surface area (Å²) in [5.74, 6) is -2.58. The summed E-state index contributed by atoms with van der Waals surface area (Å²) in [5, 5.41) is 14.3. The summed E-state index contributed by atoms with van der Waals surface area (Å²) in [6.07, 6.45) is 4.64. The molecule has 0 aromatic rings. The first-order valence-electron chi connectivity index (χ1n) is 6.48. The van der Waals surface area contributed by atoms with Crippen molar-refractivity contribution in [3.05, 3.63) is 12.2 Å². The van der Waals surface area contributed by atoms with Crippen LogP contribution in [0.5, 0.6) is 0 Å². The van der Waals surface area contributed by atoms with Crippen molar-refractivity contribution in [2.45, 2.75) is 26.2 Å². The van der Waals surface area contributed by atoms with Crippen LogP contribution in [0.4, 0.5) is 0 Å². The molecule has 2 atom stereocenters. The predicted molar refractivity (Wildman–Crippen MR) is 69.3 cm³/mol. The highest BCUT2D eigenvalue weighted by molar-refractivity contribution is 5.85. The van der Waals surface area contributed by atoms with Gasteiger partial charge in [0.1, 0.15) is 0 Å². The van der Waals surface area contributed by atoms with Crippen LogP contribution < -0.4 is 10.6 Å². The van der Waals surface area contributed by atoms with Crippen LogP contribution in [0.15, 0.2) is 12.2 Å². The van der Waals surface area contributed by atoms with Gasteiger partial charge in [-0.1, -0.05) is 12.2 Å². The van der Waals surface area contributed by atoms with E-state index in [1.54, 1.807) is 6.08 Å². The molecule has 6 nitrogen and oxygen atoms in total. The minimum atomic E-state index is -0.951. The molecule has 0 aromatic heterocycles. The number of hydrogen-bond acceptors (Lipinski definition) is 3. The van der Waals surface area contributed by atoms with Crippen LogP contribution in [0.25, 0.3) is 0 Å². The van der Waals surface area contributed by atoms with Crippen molar-refractivity contribution in [2.75, 3.05) is 13.1 Å². The van der Waals surface area contributed by atoms with Crippen LogP contribution in [0, 0.1) is 11.8 Å². The van der Waals surface area contributed by atoms with Gasteiger partial charge in [0, 0.05) is 19.5 Å². The number of rotatable bonds is 6. The summed E-state index contributed by atoms with van der Waals surface area (Å²) in [6.45, 7) is 2.61. The lowest BCUT2D eigenvalue weighted by atomic mass is 9.82. The quantitative estimate of drug-likeness (QED) is 0.604. The molecule has 0 saturated heterocycles. The Labute approximate surface area is 112 Å². The molecule has 106 valence electrons. The third-order valence-corrected chi connectivity index (χ3v) is 3.11. The lowest BCUT2D eigenvalue weighted by Gasteiger charge is -2.24. The van der Waals surface area contributed by atoms with E-state index in [1.807, 2.05) is 13.0 Å². The van der Waals surface area contributed by atoms with Crippen molar-refractivity contribution in [2.24, 2.45) is 11.8 Å². The molecule has 0 fully saturated rings. The molecule has 0 aromatic carbocycles. The zero-order valence-electron chi connectivity index (χ0n) is 11.0. The molecule has 0 aliphatic heterocycles. The Morgan fingerprint density at radius 1 is 1.16 bits per heavy atom. The highest BCUT2D eigenvalue weighted by atomic mass is 16.4. The first-order valence-corrected chi connectivity index (χ1v) is 6.48. The lowest BCUT2D eigenvalue weighted by molar-refractivity contribution is -0.147. The maximum atomic E-state index is 11.9. The fraction of sp³-hybridized carbons (Fsp3) is 0.615. The van der Waals surface area contributed by atoms with E-state index in [9.17, 15) is 14.4 Å². The molecule has 0 unspecified atom stereocenters. The van der Waals surface area contributed by atoms with E-state index in [4.69, 9.17) is 5.11 Å². The number of aliphatic carboxylic acids is 1. The lowest BCUT2D eigenvalue weighted by Crippen LogP contribution is -2.40. The molecule has 3 N–H and O–H groups in total. The summed E-state index contributed by atoms with van der Waals surface area (Å²) in [6, 6.07) is 0. The monoisotopic (exact) mass is 268 g/mol. The SMILES string of the molecule is CCNC(=O)CCNC(=O)[C@@H]1CC=CC[C@@H]1C(=O)O. The highest BCUT2D eigenvalue weighted by Gasteiger charge is 2.33. The Morgan fingerprint density at radius 3 is 2.37 bits per heavy atom. The van der Waals surface area contributed by atoms with Crippen LogP contribution in [0.3, 0.4) is 0 Å². The van der Waals surface area contributed by atoms with Gasteiger partial charge in [0.05, 0.1) is 11.8 Å². The average molecular weight is 268 g/mol. The number of carboxylic acids is 1. The van der Waals surface area contributed by atoms with Crippen LogP contribution >= 0.6 is 0 Å². The van der Waals surface area contributed by atoms with Gasteiger partial charge >= 0.3 is 5.97 Å². The van der Waals surface area contributed by atoms with Crippen LogP contribution in [0.2, 0.25) is 0 Å². The Hall–Kier alpha value is -1.85. The van der Waals surface area contributed by atoms with E-state index in [0.717, 1.165) is 0 Å². The molecule has 0 spiro atoms. The second-order valence-corrected chi connectivity index (χ2v) is 4.49. The Balaban J connectivity index is 2.41. The summed E-state index contributed by atoms with van der Waals surface area (Å²) in [7, 11) is 0. The third-order valence-electron chi connectivity index (χ3n) is 3.11. The third kappa shape index (κ3) is 4.73. The number of allylic oxidation sites excluding steroid dienone is 2. The molecule has 2 amide bonds. The largest absolute Gasteiger partial charge is 0.481 e. The first kappa shape index (κ1) is 15.2. The summed E-state index contributed by atoms with van der Waals surface area (Å²) >= 11 is 0. The minimum Gasteiger partial charge on any atom is -0.481 e. The first-order chi connectivity index (χ1) is 9.06. The normalized spacial score (nSPS) is 21.7. The van der Waals surface area contributed by atoms with Crippen molar-refractivity contribution < 1.29 is 19.5 Å². The molecule has 1 aliphatic carbocycles. The number of carbonyl (C=O) groups excluding carboxylic acids is 2. The second kappa shape index (κ2) is 7.56. The van der Waals surface area contributed by atoms with E-state index in [0.29, 0.717) is 19.4 Å². The molecule has 0 bridgehead atoms. The molecular formula is C13H20N2O4. The highest BCUT2D eigenvalue weighted by Crippen LogP contribution is 2.25. The van der Waals surface area contributed by atoms with Crippen molar-refractivity contribution in [1.29, 1.82) is 0 Å². The van der Waals surface area contributed by atoms with Crippen LogP contribution in [-0.2, 0) is 14.4 Å². The van der Waals surface area contributed by atoms with Gasteiger partial charge < -0.3 is 15.7 Å². The zero-order valence-corrected chi connectivity index (χ0v) is 11.0. The zero-order chi connectivity index (χ0) is 14.3. The number of amides is 2. The Morgan fingerprint density at radius 2 is 1.79 bits per heavy atom. The van der Waals surface area contributed by atoms with Crippen molar-refractivity contribution in [1.82, 2.24) is 10.6 Å². The molecule has 1 rings (SSSR count). The Bertz CT molecular complexity index is 379. The number of nitrogens with one attached hydrogen (secondary N) is 2. The van der Waals surface area contributed by atoms with Crippen LogP contribution in [-0.4, -0.2) is 36.0 Å². The van der Waals surface area contributed by atoms with Gasteiger partial charge in [-0.2, -0.15) is 0 Å². The van der Waals surface area contributed by atoms with Gasteiger partial charge in [-0.05, 0) is 19.8 Å². The van der Waals surface area contributed by atoms with Gasteiger partial charge in [0.15, 0.2) is 0 Å². The van der Waals surface area contributed by atoms with E-state index in [1.165, 1.54) is 0 Å². The topological polar surface area (TPSA) is 95.5 Å². The molecule has 1 aliphatic rings. The van der Waals surface area contributed by atoms with Crippen molar-refractivity contribution in [3.63, 3.8) is 0 Å². The molecule has 0 radical (unpaired) electrons. The fourth-order valence-electron chi connectivity index (χ4n) is 2.09. The van der Waals surface area contributed by atoms with E-state index < -0.39 is 17.8 Å². The Kier molecular flexibility index (Phi) is 6.05. The second-order valence-electron chi connectivity index (χ2n) is 4.49. The summed E-state index contributed by atoms with van der Waals surface area (Å²) in [5.41, 5.74) is 0. The van der Waals surface area contributed by atoms with E-state index in [2.05, 4.69) is 10.6 Å². The summed E-state index contributed by atoms with van der Waals surface area (Å²) in [4.78, 5) is 34.2. The number of carbonyl (C=O) groups is 3. The maximum absolute atomic E-state index is 11.9. The molecule has 19 heavy (non-hydrogen) atoms. The fourth-order valence-corrected chi connectivity index (χ4v) is 2.09. The van der Waals surface area contributed by atoms with Gasteiger partial charge in [0.25, 0.3) is 0 Å². The van der Waals surface area contributed by atoms with Gasteiger partial charge in [-0.3, -0.25) is 14.4 Å². The number of carboxylic acid groups (broad SMARTS) is 1. The van der Waals surface area contributed by atoms with E-state index in [-0.39, 0.29) is 24.8 Å².